The van der Waals surface area contributed by atoms with Gasteiger partial charge in [0.2, 0.25) is 0 Å². The van der Waals surface area contributed by atoms with E-state index >= 15 is 0 Å². The Morgan fingerprint density at radius 1 is 1.21 bits per heavy atom. The summed E-state index contributed by atoms with van der Waals surface area (Å²) in [6.07, 6.45) is 2.98. The Kier molecular flexibility index (Phi) is 6.81. The lowest BCUT2D eigenvalue weighted by Crippen LogP contribution is -2.27. The number of halogens is 1. The zero-order valence-electron chi connectivity index (χ0n) is 11.6. The number of nitro benzene ring substituents is 1. The number of nitro groups is 1. The summed E-state index contributed by atoms with van der Waals surface area (Å²) in [6, 6.07) is 5.01. The molecular formula is C14H21ClN2O2. The molecule has 1 rings (SSSR count). The fourth-order valence-electron chi connectivity index (χ4n) is 2.15. The third-order valence-corrected chi connectivity index (χ3v) is 3.47. The first-order valence-electron chi connectivity index (χ1n) is 6.74. The topological polar surface area (TPSA) is 46.4 Å². The van der Waals surface area contributed by atoms with Crippen LogP contribution in [0.3, 0.4) is 0 Å². The zero-order chi connectivity index (χ0) is 14.3. The maximum Gasteiger partial charge on any atom is 0.288 e. The van der Waals surface area contributed by atoms with Gasteiger partial charge in [0.05, 0.1) is 4.92 Å². The van der Waals surface area contributed by atoms with Crippen LogP contribution in [0.4, 0.5) is 5.69 Å². The Morgan fingerprint density at radius 2 is 1.84 bits per heavy atom. The molecule has 0 fully saturated rings. The second-order valence-corrected chi connectivity index (χ2v) is 4.98. The van der Waals surface area contributed by atoms with Crippen LogP contribution in [0.25, 0.3) is 0 Å². The highest BCUT2D eigenvalue weighted by atomic mass is 35.5. The van der Waals surface area contributed by atoms with E-state index in [1.165, 1.54) is 6.07 Å². The lowest BCUT2D eigenvalue weighted by molar-refractivity contribution is -0.384. The van der Waals surface area contributed by atoms with Crippen molar-refractivity contribution in [1.82, 2.24) is 4.90 Å². The van der Waals surface area contributed by atoms with Crippen LogP contribution in [0.2, 0.25) is 5.02 Å². The van der Waals surface area contributed by atoms with Crippen LogP contribution in [0, 0.1) is 10.1 Å². The van der Waals surface area contributed by atoms with Gasteiger partial charge in [0.15, 0.2) is 0 Å². The number of benzene rings is 1. The van der Waals surface area contributed by atoms with Gasteiger partial charge in [-0.1, -0.05) is 37.6 Å². The first-order valence-corrected chi connectivity index (χ1v) is 7.12. The van der Waals surface area contributed by atoms with Gasteiger partial charge in [0.1, 0.15) is 5.02 Å². The maximum absolute atomic E-state index is 10.8. The molecule has 1 aromatic rings. The van der Waals surface area contributed by atoms with Crippen molar-refractivity contribution >= 4 is 17.3 Å². The van der Waals surface area contributed by atoms with E-state index in [0.29, 0.717) is 0 Å². The summed E-state index contributed by atoms with van der Waals surface area (Å²) in [7, 11) is 0. The van der Waals surface area contributed by atoms with Gasteiger partial charge in [0, 0.05) is 12.6 Å². The van der Waals surface area contributed by atoms with Crippen LogP contribution in [-0.2, 0) is 6.42 Å². The lowest BCUT2D eigenvalue weighted by Gasteiger charge is -2.21. The summed E-state index contributed by atoms with van der Waals surface area (Å²) < 4.78 is 0. The van der Waals surface area contributed by atoms with Crippen molar-refractivity contribution in [3.63, 3.8) is 0 Å². The fourth-order valence-corrected chi connectivity index (χ4v) is 2.44. The first-order chi connectivity index (χ1) is 9.10. The first kappa shape index (κ1) is 15.9. The largest absolute Gasteiger partial charge is 0.303 e. The normalized spacial score (nSPS) is 10.9. The van der Waals surface area contributed by atoms with E-state index in [0.717, 1.165) is 44.5 Å². The van der Waals surface area contributed by atoms with Crippen molar-refractivity contribution in [1.29, 1.82) is 0 Å². The highest BCUT2D eigenvalue weighted by molar-refractivity contribution is 6.33. The van der Waals surface area contributed by atoms with E-state index < -0.39 is 4.92 Å². The quantitative estimate of drug-likeness (QED) is 0.537. The van der Waals surface area contributed by atoms with E-state index in [4.69, 9.17) is 11.6 Å². The van der Waals surface area contributed by atoms with Crippen molar-refractivity contribution in [2.75, 3.05) is 19.6 Å². The number of nitrogens with zero attached hydrogens (tertiary/aromatic N) is 2. The molecule has 0 atom stereocenters. The molecule has 5 heteroatoms. The van der Waals surface area contributed by atoms with E-state index in [1.807, 2.05) is 6.07 Å². The molecule has 0 saturated carbocycles. The van der Waals surface area contributed by atoms with Gasteiger partial charge in [-0.2, -0.15) is 0 Å². The zero-order valence-corrected chi connectivity index (χ0v) is 12.3. The molecule has 0 amide bonds. The molecule has 0 aromatic heterocycles. The molecule has 0 saturated heterocycles. The fraction of sp³-hybridized carbons (Fsp3) is 0.571. The standard InChI is InChI=1S/C14H21ClN2O2/c1-3-9-16(10-4-2)11-8-12-6-5-7-13(14(12)15)17(18)19/h5-7H,3-4,8-11H2,1-2H3. The van der Waals surface area contributed by atoms with Crippen molar-refractivity contribution in [2.45, 2.75) is 33.1 Å². The molecule has 0 N–H and O–H groups in total. The highest BCUT2D eigenvalue weighted by Gasteiger charge is 2.15. The Morgan fingerprint density at radius 3 is 2.37 bits per heavy atom. The average molecular weight is 285 g/mol. The van der Waals surface area contributed by atoms with Crippen LogP contribution in [-0.4, -0.2) is 29.5 Å². The third kappa shape index (κ3) is 4.80. The summed E-state index contributed by atoms with van der Waals surface area (Å²) in [6.45, 7) is 7.31. The van der Waals surface area contributed by atoms with Gasteiger partial charge >= 0.3 is 0 Å². The summed E-state index contributed by atoms with van der Waals surface area (Å²) in [5, 5.41) is 11.1. The summed E-state index contributed by atoms with van der Waals surface area (Å²) in [5.74, 6) is 0. The summed E-state index contributed by atoms with van der Waals surface area (Å²) in [4.78, 5) is 12.8. The van der Waals surface area contributed by atoms with E-state index in [1.54, 1.807) is 6.07 Å². The number of hydrogen-bond donors (Lipinski definition) is 0. The molecule has 1 aromatic carbocycles. The molecule has 4 nitrogen and oxygen atoms in total. The summed E-state index contributed by atoms with van der Waals surface area (Å²) >= 11 is 6.08. The van der Waals surface area contributed by atoms with E-state index in [9.17, 15) is 10.1 Å². The van der Waals surface area contributed by atoms with Crippen molar-refractivity contribution in [3.8, 4) is 0 Å². The minimum Gasteiger partial charge on any atom is -0.303 e. The Labute approximate surface area is 119 Å². The predicted molar refractivity (Wildman–Crippen MR) is 78.8 cm³/mol. The van der Waals surface area contributed by atoms with Crippen LogP contribution in [0.15, 0.2) is 18.2 Å². The lowest BCUT2D eigenvalue weighted by atomic mass is 10.1. The van der Waals surface area contributed by atoms with Crippen LogP contribution >= 0.6 is 11.6 Å². The molecule has 0 unspecified atom stereocenters. The Hall–Kier alpha value is -1.13. The second-order valence-electron chi connectivity index (χ2n) is 4.60. The Bertz CT molecular complexity index is 418. The van der Waals surface area contributed by atoms with Gasteiger partial charge in [-0.25, -0.2) is 0 Å². The molecule has 106 valence electrons. The molecule has 19 heavy (non-hydrogen) atoms. The maximum atomic E-state index is 10.8. The van der Waals surface area contributed by atoms with Gasteiger partial charge in [0.25, 0.3) is 5.69 Å². The Balaban J connectivity index is 2.71. The van der Waals surface area contributed by atoms with Crippen molar-refractivity contribution in [3.05, 3.63) is 38.9 Å². The predicted octanol–water partition coefficient (Wildman–Crippen LogP) is 3.91. The molecule has 0 aliphatic rings. The summed E-state index contributed by atoms with van der Waals surface area (Å²) in [5.41, 5.74) is 0.852. The van der Waals surface area contributed by atoms with Crippen LogP contribution in [0.1, 0.15) is 32.3 Å². The van der Waals surface area contributed by atoms with E-state index in [2.05, 4.69) is 18.7 Å². The van der Waals surface area contributed by atoms with Crippen LogP contribution in [0.5, 0.6) is 0 Å². The molecular weight excluding hydrogens is 264 g/mol. The third-order valence-electron chi connectivity index (χ3n) is 3.03. The molecule has 0 radical (unpaired) electrons. The molecule has 0 aliphatic heterocycles. The number of rotatable bonds is 8. The highest BCUT2D eigenvalue weighted by Crippen LogP contribution is 2.28. The van der Waals surface area contributed by atoms with Gasteiger partial charge in [-0.15, -0.1) is 0 Å². The van der Waals surface area contributed by atoms with Gasteiger partial charge < -0.3 is 4.90 Å². The smallest absolute Gasteiger partial charge is 0.288 e. The molecule has 0 heterocycles. The van der Waals surface area contributed by atoms with Crippen molar-refractivity contribution in [2.24, 2.45) is 0 Å². The molecule has 0 aliphatic carbocycles. The minimum atomic E-state index is -0.429. The van der Waals surface area contributed by atoms with Gasteiger partial charge in [-0.05, 0) is 37.9 Å². The average Bonchev–Trinajstić information content (AvgIpc) is 2.37. The van der Waals surface area contributed by atoms with Gasteiger partial charge in [-0.3, -0.25) is 10.1 Å². The number of hydrogen-bond acceptors (Lipinski definition) is 3. The van der Waals surface area contributed by atoms with E-state index in [-0.39, 0.29) is 10.7 Å². The minimum absolute atomic E-state index is 0.00306. The molecule has 0 spiro atoms. The molecule has 0 bridgehead atoms. The second kappa shape index (κ2) is 8.12. The van der Waals surface area contributed by atoms with Crippen molar-refractivity contribution < 1.29 is 4.92 Å². The monoisotopic (exact) mass is 284 g/mol. The van der Waals surface area contributed by atoms with Crippen LogP contribution < -0.4 is 0 Å². The SMILES string of the molecule is CCCN(CCC)CCc1cccc([N+](=O)[O-])c1Cl.